The molecule has 0 saturated carbocycles. The molecule has 0 aromatic heterocycles. The smallest absolute Gasteiger partial charge is 0.243 e. The van der Waals surface area contributed by atoms with E-state index >= 15 is 0 Å². The molecule has 3 aromatic rings. The fourth-order valence-corrected chi connectivity index (χ4v) is 3.99. The van der Waals surface area contributed by atoms with Gasteiger partial charge in [0.1, 0.15) is 11.9 Å². The Morgan fingerprint density at radius 1 is 0.853 bits per heavy atom. The molecule has 0 unspecified atom stereocenters. The van der Waals surface area contributed by atoms with Crippen molar-refractivity contribution in [3.05, 3.63) is 107 Å². The first-order valence-corrected chi connectivity index (χ1v) is 11.9. The number of hydrogen-bond acceptors (Lipinski definition) is 2. The molecule has 3 rings (SSSR count). The second-order valence-electron chi connectivity index (χ2n) is 8.38. The van der Waals surface area contributed by atoms with Crippen LogP contribution in [0.2, 0.25) is 0 Å². The van der Waals surface area contributed by atoms with E-state index in [1.165, 1.54) is 16.5 Å². The van der Waals surface area contributed by atoms with Gasteiger partial charge in [-0.05, 0) is 42.5 Å². The van der Waals surface area contributed by atoms with Crippen LogP contribution in [-0.2, 0) is 35.4 Å². The Hall–Kier alpha value is -3.47. The first-order valence-electron chi connectivity index (χ1n) is 11.9. The van der Waals surface area contributed by atoms with Crippen LogP contribution in [-0.4, -0.2) is 29.3 Å². The molecule has 1 atom stereocenters. The van der Waals surface area contributed by atoms with E-state index in [2.05, 4.69) is 24.4 Å². The molecule has 0 aliphatic heterocycles. The van der Waals surface area contributed by atoms with E-state index in [0.29, 0.717) is 24.9 Å². The van der Waals surface area contributed by atoms with Crippen molar-refractivity contribution < 1.29 is 14.0 Å². The fraction of sp³-hybridized carbons (Fsp3) is 0.310. The van der Waals surface area contributed by atoms with E-state index in [0.717, 1.165) is 17.5 Å². The molecule has 1 N–H and O–H groups in total. The van der Waals surface area contributed by atoms with E-state index in [1.54, 1.807) is 18.2 Å². The fourth-order valence-electron chi connectivity index (χ4n) is 3.99. The maximum atomic E-state index is 14.5. The third kappa shape index (κ3) is 7.01. The zero-order valence-electron chi connectivity index (χ0n) is 20.0. The zero-order valence-corrected chi connectivity index (χ0v) is 20.0. The number of nitrogens with one attached hydrogen (secondary N) is 1. The van der Waals surface area contributed by atoms with Crippen LogP contribution in [0.25, 0.3) is 0 Å². The molecule has 2 amide bonds. The van der Waals surface area contributed by atoms with Gasteiger partial charge in [-0.3, -0.25) is 9.59 Å². The van der Waals surface area contributed by atoms with Gasteiger partial charge in [-0.1, -0.05) is 79.7 Å². The van der Waals surface area contributed by atoms with Gasteiger partial charge in [0.05, 0.1) is 0 Å². The van der Waals surface area contributed by atoms with Crippen LogP contribution < -0.4 is 5.32 Å². The van der Waals surface area contributed by atoms with E-state index < -0.39 is 6.04 Å². The van der Waals surface area contributed by atoms with Gasteiger partial charge in [-0.25, -0.2) is 4.39 Å². The van der Waals surface area contributed by atoms with Crippen molar-refractivity contribution in [1.82, 2.24) is 10.2 Å². The topological polar surface area (TPSA) is 49.4 Å². The molecule has 0 radical (unpaired) electrons. The van der Waals surface area contributed by atoms with Crippen molar-refractivity contribution in [2.24, 2.45) is 0 Å². The molecule has 0 aliphatic rings. The number of aryl methyl sites for hydroxylation is 2. The van der Waals surface area contributed by atoms with Crippen LogP contribution >= 0.6 is 0 Å². The van der Waals surface area contributed by atoms with Crippen molar-refractivity contribution in [1.29, 1.82) is 0 Å². The number of nitrogens with zero attached hydrogens (tertiary/aromatic N) is 1. The molecule has 0 fully saturated rings. The van der Waals surface area contributed by atoms with E-state index in [-0.39, 0.29) is 30.6 Å². The normalized spacial score (nSPS) is 11.6. The molecular weight excluding hydrogens is 427 g/mol. The number of benzene rings is 3. The Labute approximate surface area is 201 Å². The molecule has 34 heavy (non-hydrogen) atoms. The summed E-state index contributed by atoms with van der Waals surface area (Å²) >= 11 is 0. The maximum absolute atomic E-state index is 14.5. The summed E-state index contributed by atoms with van der Waals surface area (Å²) in [7, 11) is 0. The van der Waals surface area contributed by atoms with Crippen LogP contribution in [0.15, 0.2) is 78.9 Å². The van der Waals surface area contributed by atoms with Crippen molar-refractivity contribution in [2.75, 3.05) is 6.54 Å². The molecule has 0 spiro atoms. The summed E-state index contributed by atoms with van der Waals surface area (Å²) in [4.78, 5) is 28.2. The lowest BCUT2D eigenvalue weighted by Crippen LogP contribution is -2.50. The number of hydrogen-bond donors (Lipinski definition) is 1. The van der Waals surface area contributed by atoms with Gasteiger partial charge in [-0.15, -0.1) is 0 Å². The quantitative estimate of drug-likeness (QED) is 0.433. The Kier molecular flexibility index (Phi) is 9.39. The number of likely N-dealkylation sites (N-methyl/N-ethyl adjacent to an activating group) is 1. The molecule has 0 saturated heterocycles. The van der Waals surface area contributed by atoms with Gasteiger partial charge in [0.2, 0.25) is 11.8 Å². The largest absolute Gasteiger partial charge is 0.355 e. The molecule has 0 aliphatic carbocycles. The lowest BCUT2D eigenvalue weighted by molar-refractivity contribution is -0.141. The molecule has 0 heterocycles. The van der Waals surface area contributed by atoms with E-state index in [4.69, 9.17) is 0 Å². The van der Waals surface area contributed by atoms with Crippen molar-refractivity contribution in [3.63, 3.8) is 0 Å². The molecule has 4 nitrogen and oxygen atoms in total. The van der Waals surface area contributed by atoms with Crippen LogP contribution in [0.5, 0.6) is 0 Å². The van der Waals surface area contributed by atoms with Crippen LogP contribution in [0, 0.1) is 5.82 Å². The minimum Gasteiger partial charge on any atom is -0.355 e. The van der Waals surface area contributed by atoms with Crippen LogP contribution in [0.4, 0.5) is 4.39 Å². The van der Waals surface area contributed by atoms with Gasteiger partial charge in [0.25, 0.3) is 0 Å². The molecular formula is C29H33FN2O2. The van der Waals surface area contributed by atoms with Crippen LogP contribution in [0.1, 0.15) is 42.5 Å². The first-order chi connectivity index (χ1) is 16.5. The van der Waals surface area contributed by atoms with Gasteiger partial charge in [0, 0.05) is 31.5 Å². The lowest BCUT2D eigenvalue weighted by Gasteiger charge is -2.31. The van der Waals surface area contributed by atoms with E-state index in [1.807, 2.05) is 49.4 Å². The minimum absolute atomic E-state index is 0.0366. The van der Waals surface area contributed by atoms with Gasteiger partial charge < -0.3 is 10.2 Å². The predicted molar refractivity (Wildman–Crippen MR) is 134 cm³/mol. The summed E-state index contributed by atoms with van der Waals surface area (Å²) in [6, 6.07) is 23.5. The third-order valence-corrected chi connectivity index (χ3v) is 5.98. The average molecular weight is 461 g/mol. The molecule has 3 aromatic carbocycles. The number of carbonyl (C=O) groups is 2. The highest BCUT2D eigenvalue weighted by Crippen LogP contribution is 2.18. The van der Waals surface area contributed by atoms with Gasteiger partial charge in [0.15, 0.2) is 0 Å². The molecule has 0 bridgehead atoms. The van der Waals surface area contributed by atoms with Crippen LogP contribution in [0.3, 0.4) is 0 Å². The zero-order chi connectivity index (χ0) is 24.3. The number of carbonyl (C=O) groups excluding carboxylic acids is 2. The third-order valence-electron chi connectivity index (χ3n) is 5.98. The highest BCUT2D eigenvalue weighted by molar-refractivity contribution is 5.88. The molecule has 5 heteroatoms. The standard InChI is InChI=1S/C29H33FN2O2/c1-3-22-14-16-23(17-15-22)18-19-28(33)32(21-25-12-8-9-13-26(25)30)27(29(34)31-4-2)20-24-10-6-5-7-11-24/h5-17,27H,3-4,18-21H2,1-2H3,(H,31,34)/t27-/m1/s1. The van der Waals surface area contributed by atoms with Gasteiger partial charge in [-0.2, -0.15) is 0 Å². The summed E-state index contributed by atoms with van der Waals surface area (Å²) in [6.45, 7) is 4.44. The molecule has 178 valence electrons. The summed E-state index contributed by atoms with van der Waals surface area (Å²) < 4.78 is 14.5. The first kappa shape index (κ1) is 25.2. The lowest BCUT2D eigenvalue weighted by atomic mass is 10.0. The van der Waals surface area contributed by atoms with Gasteiger partial charge >= 0.3 is 0 Å². The highest BCUT2D eigenvalue weighted by Gasteiger charge is 2.30. The number of amides is 2. The predicted octanol–water partition coefficient (Wildman–Crippen LogP) is 5.10. The number of halogens is 1. The summed E-state index contributed by atoms with van der Waals surface area (Å²) in [5.74, 6) is -0.789. The summed E-state index contributed by atoms with van der Waals surface area (Å²) in [6.07, 6.45) is 2.12. The Bertz CT molecular complexity index is 1070. The summed E-state index contributed by atoms with van der Waals surface area (Å²) in [5, 5.41) is 2.86. The second-order valence-corrected chi connectivity index (χ2v) is 8.38. The van der Waals surface area contributed by atoms with E-state index in [9.17, 15) is 14.0 Å². The Balaban J connectivity index is 1.87. The summed E-state index contributed by atoms with van der Waals surface area (Å²) in [5.41, 5.74) is 3.65. The number of rotatable bonds is 11. The van der Waals surface area contributed by atoms with Crippen molar-refractivity contribution in [2.45, 2.75) is 52.1 Å². The average Bonchev–Trinajstić information content (AvgIpc) is 2.86. The Morgan fingerprint density at radius 2 is 1.50 bits per heavy atom. The Morgan fingerprint density at radius 3 is 2.15 bits per heavy atom. The monoisotopic (exact) mass is 460 g/mol. The van der Waals surface area contributed by atoms with Crippen molar-refractivity contribution in [3.8, 4) is 0 Å². The minimum atomic E-state index is -0.739. The SMILES string of the molecule is CCNC(=O)[C@@H](Cc1ccccc1)N(Cc1ccccc1F)C(=O)CCc1ccc(CC)cc1. The second kappa shape index (κ2) is 12.7. The maximum Gasteiger partial charge on any atom is 0.243 e. The van der Waals surface area contributed by atoms with Crippen molar-refractivity contribution >= 4 is 11.8 Å². The highest BCUT2D eigenvalue weighted by atomic mass is 19.1.